The highest BCUT2D eigenvalue weighted by molar-refractivity contribution is 6.00. The molecule has 0 fully saturated rings. The molecule has 1 aliphatic carbocycles. The third-order valence-electron chi connectivity index (χ3n) is 1.61. The molecule has 1 rings (SSSR count). The maximum Gasteiger partial charge on any atom is 0.0638 e. The Morgan fingerprint density at radius 1 is 1.60 bits per heavy atom. The zero-order valence-electron chi connectivity index (χ0n) is 6.17. The van der Waals surface area contributed by atoms with Crippen molar-refractivity contribution >= 4 is 5.71 Å². The molecule has 0 aliphatic heterocycles. The molecule has 54 valence electrons. The van der Waals surface area contributed by atoms with Gasteiger partial charge in [0, 0.05) is 0 Å². The van der Waals surface area contributed by atoms with Gasteiger partial charge in [0.05, 0.1) is 5.71 Å². The topological polar surface area (TPSA) is 38.4 Å². The van der Waals surface area contributed by atoms with Crippen LogP contribution in [0.25, 0.3) is 0 Å². The molecule has 1 aliphatic rings. The van der Waals surface area contributed by atoms with Gasteiger partial charge < -0.3 is 5.84 Å². The fraction of sp³-hybridized carbons (Fsp3) is 0.375. The van der Waals surface area contributed by atoms with E-state index in [-0.39, 0.29) is 0 Å². The molecule has 0 amide bonds. The summed E-state index contributed by atoms with van der Waals surface area (Å²) in [6.45, 7) is 1.92. The summed E-state index contributed by atoms with van der Waals surface area (Å²) in [7, 11) is 0. The number of rotatable bonds is 1. The molecule has 0 atom stereocenters. The van der Waals surface area contributed by atoms with Crippen molar-refractivity contribution in [2.75, 3.05) is 0 Å². The minimum absolute atomic E-state index is 0.913. The molecule has 0 spiro atoms. The lowest BCUT2D eigenvalue weighted by atomic mass is 10.0. The largest absolute Gasteiger partial charge is 0.323 e. The van der Waals surface area contributed by atoms with Crippen molar-refractivity contribution in [2.24, 2.45) is 10.9 Å². The quantitative estimate of drug-likeness (QED) is 0.332. The van der Waals surface area contributed by atoms with Crippen molar-refractivity contribution in [3.05, 3.63) is 23.8 Å². The van der Waals surface area contributed by atoms with Crippen molar-refractivity contribution in [3.63, 3.8) is 0 Å². The summed E-state index contributed by atoms with van der Waals surface area (Å²) < 4.78 is 0. The summed E-state index contributed by atoms with van der Waals surface area (Å²) in [5.41, 5.74) is 2.07. The van der Waals surface area contributed by atoms with Crippen LogP contribution in [0.1, 0.15) is 19.8 Å². The lowest BCUT2D eigenvalue weighted by molar-refractivity contribution is 1.03. The number of hydrogen-bond donors (Lipinski definition) is 1. The lowest BCUT2D eigenvalue weighted by Gasteiger charge is -2.03. The van der Waals surface area contributed by atoms with Gasteiger partial charge in [0.15, 0.2) is 0 Å². The summed E-state index contributed by atoms with van der Waals surface area (Å²) in [5, 5.41) is 3.61. The van der Waals surface area contributed by atoms with Gasteiger partial charge in [0.25, 0.3) is 0 Å². The second-order valence-electron chi connectivity index (χ2n) is 2.35. The van der Waals surface area contributed by atoms with E-state index in [0.29, 0.717) is 0 Å². The molecule has 0 unspecified atom stereocenters. The maximum absolute atomic E-state index is 5.12. The minimum Gasteiger partial charge on any atom is -0.323 e. The van der Waals surface area contributed by atoms with E-state index in [1.54, 1.807) is 0 Å². The molecule has 2 N–H and O–H groups in total. The summed E-state index contributed by atoms with van der Waals surface area (Å²) in [4.78, 5) is 0. The van der Waals surface area contributed by atoms with Crippen LogP contribution in [0.3, 0.4) is 0 Å². The first-order valence-electron chi connectivity index (χ1n) is 3.46. The van der Waals surface area contributed by atoms with Crippen molar-refractivity contribution < 1.29 is 0 Å². The Kier molecular flexibility index (Phi) is 2.26. The van der Waals surface area contributed by atoms with Crippen molar-refractivity contribution in [2.45, 2.75) is 19.8 Å². The Morgan fingerprint density at radius 3 is 2.90 bits per heavy atom. The van der Waals surface area contributed by atoms with Crippen LogP contribution in [-0.4, -0.2) is 5.71 Å². The fourth-order valence-electron chi connectivity index (χ4n) is 0.956. The smallest absolute Gasteiger partial charge is 0.0638 e. The highest BCUT2D eigenvalue weighted by atomic mass is 15.1. The van der Waals surface area contributed by atoms with Gasteiger partial charge in [-0.25, -0.2) is 0 Å². The van der Waals surface area contributed by atoms with Gasteiger partial charge in [-0.1, -0.05) is 18.2 Å². The minimum atomic E-state index is 0.913. The highest BCUT2D eigenvalue weighted by Gasteiger charge is 1.98. The third kappa shape index (κ3) is 1.47. The predicted octanol–water partition coefficient (Wildman–Crippen LogP) is 1.60. The maximum atomic E-state index is 5.12. The van der Waals surface area contributed by atoms with Crippen LogP contribution in [0.2, 0.25) is 0 Å². The number of nitrogens with two attached hydrogens (primary N) is 1. The summed E-state index contributed by atoms with van der Waals surface area (Å²) in [5.74, 6) is 5.12. The molecular weight excluding hydrogens is 124 g/mol. The van der Waals surface area contributed by atoms with Crippen LogP contribution in [-0.2, 0) is 0 Å². The zero-order chi connectivity index (χ0) is 7.40. The SMILES string of the molecule is C/C(=N/N)C1=CCCC=C1. The monoisotopic (exact) mass is 136 g/mol. The average molecular weight is 136 g/mol. The Hall–Kier alpha value is -1.05. The number of allylic oxidation sites excluding steroid dienone is 4. The van der Waals surface area contributed by atoms with E-state index >= 15 is 0 Å². The van der Waals surface area contributed by atoms with Gasteiger partial charge in [0.1, 0.15) is 0 Å². The molecule has 2 nitrogen and oxygen atoms in total. The van der Waals surface area contributed by atoms with E-state index in [2.05, 4.69) is 23.3 Å². The molecule has 0 bridgehead atoms. The molecule has 0 saturated heterocycles. The van der Waals surface area contributed by atoms with Gasteiger partial charge in [-0.05, 0) is 25.3 Å². The van der Waals surface area contributed by atoms with Gasteiger partial charge >= 0.3 is 0 Å². The number of hydrazone groups is 1. The van der Waals surface area contributed by atoms with Crippen LogP contribution in [0.4, 0.5) is 0 Å². The molecule has 0 saturated carbocycles. The van der Waals surface area contributed by atoms with E-state index in [1.807, 2.05) is 6.92 Å². The molecule has 0 heterocycles. The Labute approximate surface area is 61.1 Å². The molecule has 2 heteroatoms. The van der Waals surface area contributed by atoms with Gasteiger partial charge in [-0.2, -0.15) is 5.10 Å². The first kappa shape index (κ1) is 7.06. The second-order valence-corrected chi connectivity index (χ2v) is 2.35. The van der Waals surface area contributed by atoms with Gasteiger partial charge in [-0.15, -0.1) is 0 Å². The molecule has 0 radical (unpaired) electrons. The van der Waals surface area contributed by atoms with Crippen LogP contribution in [0, 0.1) is 0 Å². The first-order chi connectivity index (χ1) is 4.84. The standard InChI is InChI=1S/C8H12N2/c1-7(10-9)8-5-3-2-4-6-8/h3,5-6H,2,4,9H2,1H3/b10-7-. The normalized spacial score (nSPS) is 18.9. The predicted molar refractivity (Wildman–Crippen MR) is 43.8 cm³/mol. The van der Waals surface area contributed by atoms with E-state index in [4.69, 9.17) is 5.84 Å². The second kappa shape index (κ2) is 3.20. The molecule has 0 aromatic heterocycles. The van der Waals surface area contributed by atoms with Crippen LogP contribution in [0.15, 0.2) is 28.9 Å². The Balaban J connectivity index is 2.72. The van der Waals surface area contributed by atoms with Crippen LogP contribution < -0.4 is 5.84 Å². The average Bonchev–Trinajstić information content (AvgIpc) is 2.05. The van der Waals surface area contributed by atoms with Crippen molar-refractivity contribution in [1.82, 2.24) is 0 Å². The first-order valence-corrected chi connectivity index (χ1v) is 3.46. The third-order valence-corrected chi connectivity index (χ3v) is 1.61. The van der Waals surface area contributed by atoms with E-state index in [1.165, 1.54) is 0 Å². The fourth-order valence-corrected chi connectivity index (χ4v) is 0.956. The number of hydrogen-bond acceptors (Lipinski definition) is 2. The Morgan fingerprint density at radius 2 is 2.40 bits per heavy atom. The molecular formula is C8H12N2. The van der Waals surface area contributed by atoms with E-state index in [0.717, 1.165) is 24.1 Å². The zero-order valence-corrected chi connectivity index (χ0v) is 6.17. The van der Waals surface area contributed by atoms with E-state index < -0.39 is 0 Å². The van der Waals surface area contributed by atoms with Crippen LogP contribution in [0.5, 0.6) is 0 Å². The molecule has 0 aromatic carbocycles. The Bertz CT molecular complexity index is 199. The summed E-state index contributed by atoms with van der Waals surface area (Å²) in [6.07, 6.45) is 8.62. The lowest BCUT2D eigenvalue weighted by Crippen LogP contribution is -2.00. The molecule has 10 heavy (non-hydrogen) atoms. The van der Waals surface area contributed by atoms with Gasteiger partial charge in [0.2, 0.25) is 0 Å². The summed E-state index contributed by atoms with van der Waals surface area (Å²) in [6, 6.07) is 0. The van der Waals surface area contributed by atoms with Crippen molar-refractivity contribution in [1.29, 1.82) is 0 Å². The van der Waals surface area contributed by atoms with Gasteiger partial charge in [-0.3, -0.25) is 0 Å². The molecule has 0 aromatic rings. The van der Waals surface area contributed by atoms with Crippen LogP contribution >= 0.6 is 0 Å². The van der Waals surface area contributed by atoms with Crippen molar-refractivity contribution in [3.8, 4) is 0 Å². The number of nitrogens with zero attached hydrogens (tertiary/aromatic N) is 1. The summed E-state index contributed by atoms with van der Waals surface area (Å²) >= 11 is 0. The van der Waals surface area contributed by atoms with E-state index in [9.17, 15) is 0 Å². The highest BCUT2D eigenvalue weighted by Crippen LogP contribution is 2.10.